The second-order valence-corrected chi connectivity index (χ2v) is 7.25. The Bertz CT molecular complexity index is 856. The Labute approximate surface area is 166 Å². The molecule has 0 bridgehead atoms. The van der Waals surface area contributed by atoms with E-state index in [-0.39, 0.29) is 30.6 Å². The summed E-state index contributed by atoms with van der Waals surface area (Å²) in [5, 5.41) is 0. The highest BCUT2D eigenvalue weighted by molar-refractivity contribution is 6.23. The fraction of sp³-hybridized carbons (Fsp3) is 0.450. The van der Waals surface area contributed by atoms with Crippen LogP contribution in [0.4, 0.5) is 0 Å². The molecule has 4 amide bonds. The van der Waals surface area contributed by atoms with Gasteiger partial charge in [-0.1, -0.05) is 12.1 Å². The van der Waals surface area contributed by atoms with Crippen LogP contribution in [0.5, 0.6) is 0 Å². The van der Waals surface area contributed by atoms with E-state index in [1.54, 1.807) is 12.1 Å². The van der Waals surface area contributed by atoms with E-state index < -0.39 is 48.3 Å². The van der Waals surface area contributed by atoms with Crippen molar-refractivity contribution in [2.75, 3.05) is 19.9 Å². The van der Waals surface area contributed by atoms with Gasteiger partial charge in [-0.15, -0.1) is 0 Å². The molecule has 3 aliphatic rings. The minimum atomic E-state index is -1.10. The zero-order valence-corrected chi connectivity index (χ0v) is 15.7. The van der Waals surface area contributed by atoms with Gasteiger partial charge in [0.25, 0.3) is 17.7 Å². The molecule has 1 aromatic carbocycles. The molecule has 2 fully saturated rings. The number of benzene rings is 1. The van der Waals surface area contributed by atoms with Gasteiger partial charge in [-0.05, 0) is 31.4 Å². The van der Waals surface area contributed by atoms with Gasteiger partial charge < -0.3 is 9.47 Å². The van der Waals surface area contributed by atoms with E-state index in [0.29, 0.717) is 13.0 Å². The summed E-state index contributed by atoms with van der Waals surface area (Å²) in [6.45, 7) is 0.305. The maximum absolute atomic E-state index is 12.9. The average Bonchev–Trinajstić information content (AvgIpc) is 2.99. The van der Waals surface area contributed by atoms with Gasteiger partial charge in [0.2, 0.25) is 5.91 Å². The van der Waals surface area contributed by atoms with Crippen molar-refractivity contribution in [3.05, 3.63) is 35.4 Å². The topological polar surface area (TPSA) is 110 Å². The highest BCUT2D eigenvalue weighted by Gasteiger charge is 2.47. The fourth-order valence-corrected chi connectivity index (χ4v) is 3.86. The second-order valence-electron chi connectivity index (χ2n) is 7.25. The Hall–Kier alpha value is -3.07. The first-order chi connectivity index (χ1) is 14.0. The Kier molecular flexibility index (Phi) is 5.14. The molecule has 0 N–H and O–H groups in total. The van der Waals surface area contributed by atoms with Crippen molar-refractivity contribution in [2.45, 2.75) is 31.7 Å². The molecule has 9 heteroatoms. The van der Waals surface area contributed by atoms with Gasteiger partial charge in [0, 0.05) is 13.0 Å². The predicted molar refractivity (Wildman–Crippen MR) is 96.3 cm³/mol. The lowest BCUT2D eigenvalue weighted by Crippen LogP contribution is -2.56. The van der Waals surface area contributed by atoms with Crippen LogP contribution in [-0.2, 0) is 23.9 Å². The Morgan fingerprint density at radius 2 is 1.76 bits per heavy atom. The number of hydrogen-bond donors (Lipinski definition) is 0. The molecule has 0 aromatic heterocycles. The zero-order chi connectivity index (χ0) is 20.5. The maximum atomic E-state index is 12.9. The number of carbonyl (C=O) groups is 5. The summed E-state index contributed by atoms with van der Waals surface area (Å²) in [5.74, 6) is -3.30. The molecule has 3 heterocycles. The molecular formula is C20H20N2O7. The van der Waals surface area contributed by atoms with Crippen molar-refractivity contribution in [1.29, 1.82) is 0 Å². The van der Waals surface area contributed by atoms with Crippen molar-refractivity contribution >= 4 is 29.6 Å². The van der Waals surface area contributed by atoms with Gasteiger partial charge in [0.15, 0.2) is 6.73 Å². The number of amides is 4. The summed E-state index contributed by atoms with van der Waals surface area (Å²) in [7, 11) is 0. The minimum Gasteiger partial charge on any atom is -0.443 e. The summed E-state index contributed by atoms with van der Waals surface area (Å²) >= 11 is 0. The first kappa shape index (κ1) is 19.3. The molecule has 9 nitrogen and oxygen atoms in total. The number of fused-ring (bicyclic) bond motifs is 1. The fourth-order valence-electron chi connectivity index (χ4n) is 3.86. The van der Waals surface area contributed by atoms with Crippen LogP contribution in [0.25, 0.3) is 0 Å². The lowest BCUT2D eigenvalue weighted by molar-refractivity contribution is -0.167. The van der Waals surface area contributed by atoms with Crippen LogP contribution >= 0.6 is 0 Å². The SMILES string of the molecule is O=C(OCN1C(=O)CCC(N2C(=O)c3ccccc3C2=O)C1=O)C1CCCOC1. The van der Waals surface area contributed by atoms with Gasteiger partial charge in [-0.3, -0.25) is 28.9 Å². The van der Waals surface area contributed by atoms with Crippen LogP contribution in [0.2, 0.25) is 0 Å². The summed E-state index contributed by atoms with van der Waals surface area (Å²) in [5.41, 5.74) is 0.468. The lowest BCUT2D eigenvalue weighted by Gasteiger charge is -2.34. The number of esters is 1. The summed E-state index contributed by atoms with van der Waals surface area (Å²) in [6.07, 6.45) is 1.37. The smallest absolute Gasteiger partial charge is 0.313 e. The van der Waals surface area contributed by atoms with Crippen molar-refractivity contribution in [3.63, 3.8) is 0 Å². The van der Waals surface area contributed by atoms with E-state index in [4.69, 9.17) is 9.47 Å². The number of nitrogens with zero attached hydrogens (tertiary/aromatic N) is 2. The van der Waals surface area contributed by atoms with Crippen LogP contribution < -0.4 is 0 Å². The molecule has 152 valence electrons. The molecule has 2 unspecified atom stereocenters. The van der Waals surface area contributed by atoms with Crippen molar-refractivity contribution in [3.8, 4) is 0 Å². The van der Waals surface area contributed by atoms with E-state index in [0.717, 1.165) is 16.2 Å². The second kappa shape index (κ2) is 7.75. The van der Waals surface area contributed by atoms with Crippen LogP contribution in [0.1, 0.15) is 46.4 Å². The van der Waals surface area contributed by atoms with Crippen LogP contribution in [0, 0.1) is 5.92 Å². The molecule has 0 spiro atoms. The first-order valence-corrected chi connectivity index (χ1v) is 9.54. The van der Waals surface area contributed by atoms with Gasteiger partial charge in [0.05, 0.1) is 23.7 Å². The quantitative estimate of drug-likeness (QED) is 0.541. The van der Waals surface area contributed by atoms with Crippen LogP contribution in [-0.4, -0.2) is 65.4 Å². The predicted octanol–water partition coefficient (Wildman–Crippen LogP) is 0.727. The third kappa shape index (κ3) is 3.42. The van der Waals surface area contributed by atoms with Crippen molar-refractivity contribution in [2.24, 2.45) is 5.92 Å². The molecule has 0 radical (unpaired) electrons. The molecule has 4 rings (SSSR count). The molecule has 0 aliphatic carbocycles. The number of hydrogen-bond acceptors (Lipinski definition) is 7. The van der Waals surface area contributed by atoms with Crippen LogP contribution in [0.3, 0.4) is 0 Å². The van der Waals surface area contributed by atoms with E-state index in [1.807, 2.05) is 0 Å². The van der Waals surface area contributed by atoms with Gasteiger partial charge >= 0.3 is 5.97 Å². The first-order valence-electron chi connectivity index (χ1n) is 9.54. The number of piperidine rings is 1. The van der Waals surface area contributed by atoms with Gasteiger partial charge in [-0.25, -0.2) is 4.90 Å². The normalized spacial score (nSPS) is 24.7. The molecule has 2 atom stereocenters. The summed E-state index contributed by atoms with van der Waals surface area (Å²) < 4.78 is 10.4. The van der Waals surface area contributed by atoms with Crippen molar-refractivity contribution < 1.29 is 33.4 Å². The van der Waals surface area contributed by atoms with E-state index >= 15 is 0 Å². The number of rotatable bonds is 4. The van der Waals surface area contributed by atoms with Gasteiger partial charge in [-0.2, -0.15) is 0 Å². The number of imide groups is 2. The summed E-state index contributed by atoms with van der Waals surface area (Å²) in [4.78, 5) is 64.3. The van der Waals surface area contributed by atoms with Gasteiger partial charge in [0.1, 0.15) is 6.04 Å². The number of ether oxygens (including phenoxy) is 2. The molecule has 0 saturated carbocycles. The minimum absolute atomic E-state index is 0.0338. The molecule has 1 aromatic rings. The third-order valence-electron chi connectivity index (χ3n) is 5.45. The summed E-state index contributed by atoms with van der Waals surface area (Å²) in [6, 6.07) is 5.23. The Morgan fingerprint density at radius 3 is 2.38 bits per heavy atom. The lowest BCUT2D eigenvalue weighted by atomic mass is 10.0. The van der Waals surface area contributed by atoms with E-state index in [1.165, 1.54) is 12.1 Å². The number of carbonyl (C=O) groups excluding carboxylic acids is 5. The molecule has 2 saturated heterocycles. The average molecular weight is 400 g/mol. The Balaban J connectivity index is 1.46. The van der Waals surface area contributed by atoms with E-state index in [9.17, 15) is 24.0 Å². The zero-order valence-electron chi connectivity index (χ0n) is 15.7. The van der Waals surface area contributed by atoms with Crippen LogP contribution in [0.15, 0.2) is 24.3 Å². The maximum Gasteiger partial charge on any atom is 0.313 e. The largest absolute Gasteiger partial charge is 0.443 e. The molecule has 3 aliphatic heterocycles. The Morgan fingerprint density at radius 1 is 1.07 bits per heavy atom. The highest BCUT2D eigenvalue weighted by Crippen LogP contribution is 2.29. The highest BCUT2D eigenvalue weighted by atomic mass is 16.6. The van der Waals surface area contributed by atoms with Crippen molar-refractivity contribution in [1.82, 2.24) is 9.80 Å². The number of likely N-dealkylation sites (tertiary alicyclic amines) is 1. The monoisotopic (exact) mass is 400 g/mol. The molecular weight excluding hydrogens is 380 g/mol. The standard InChI is InChI=1S/C20H20N2O7/c23-16-8-7-15(22-17(24)13-5-1-2-6-14(13)18(22)25)19(26)21(16)11-29-20(27)12-4-3-9-28-10-12/h1-2,5-6,12,15H,3-4,7-11H2. The van der Waals surface area contributed by atoms with E-state index in [2.05, 4.69) is 0 Å². The third-order valence-corrected chi connectivity index (χ3v) is 5.45. The molecule has 29 heavy (non-hydrogen) atoms.